The van der Waals surface area contributed by atoms with Gasteiger partial charge < -0.3 is 18.3 Å². The summed E-state index contributed by atoms with van der Waals surface area (Å²) in [6, 6.07) is 64.8. The van der Waals surface area contributed by atoms with Crippen molar-refractivity contribution < 1.29 is 0 Å². The molecule has 0 fully saturated rings. The summed E-state index contributed by atoms with van der Waals surface area (Å²) in [5.74, 6) is 0. The zero-order chi connectivity index (χ0) is 52.8. The fourth-order valence-corrected chi connectivity index (χ4v) is 13.1. The SMILES string of the molecule is Cc1ccc2c(c1)c1cc(C)ccc1n2-c1c(-c2ccncc2)c(-n2c3ccc(C)cc3c3cc(C)ccc32)c(-n2c3ccc(C)cc3c3cc(C)ccc32)c(-c2cccnc2)c1-n1c2ccc(C)cc2c2cc(C)ccc21. The van der Waals surface area contributed by atoms with E-state index in [9.17, 15) is 0 Å². The van der Waals surface area contributed by atoms with Crippen LogP contribution in [0.15, 0.2) is 195 Å². The van der Waals surface area contributed by atoms with Gasteiger partial charge in [0.2, 0.25) is 0 Å². The smallest absolute Gasteiger partial charge is 0.0811 e. The highest BCUT2D eigenvalue weighted by atomic mass is 15.1. The van der Waals surface area contributed by atoms with E-state index in [4.69, 9.17) is 9.97 Å². The third kappa shape index (κ3) is 6.69. The Labute approximate surface area is 452 Å². The maximum Gasteiger partial charge on any atom is 0.0811 e. The molecule has 9 aromatic carbocycles. The summed E-state index contributed by atoms with van der Waals surface area (Å²) >= 11 is 0. The number of aromatic nitrogens is 6. The van der Waals surface area contributed by atoms with E-state index in [0.29, 0.717) is 0 Å². The first kappa shape index (κ1) is 45.8. The molecule has 6 heteroatoms. The van der Waals surface area contributed by atoms with Crippen LogP contribution in [0.2, 0.25) is 0 Å². The Kier molecular flexibility index (Phi) is 9.99. The molecule has 374 valence electrons. The van der Waals surface area contributed by atoms with E-state index >= 15 is 0 Å². The number of aryl methyl sites for hydroxylation is 8. The molecule has 0 saturated carbocycles. The summed E-state index contributed by atoms with van der Waals surface area (Å²) in [7, 11) is 0. The van der Waals surface area contributed by atoms with E-state index in [1.807, 2.05) is 18.6 Å². The predicted octanol–water partition coefficient (Wildman–Crippen LogP) is 18.7. The Morgan fingerprint density at radius 2 is 0.487 bits per heavy atom. The molecule has 0 radical (unpaired) electrons. The van der Waals surface area contributed by atoms with Crippen LogP contribution >= 0.6 is 0 Å². The lowest BCUT2D eigenvalue weighted by atomic mass is 9.90. The van der Waals surface area contributed by atoms with Gasteiger partial charge in [-0.05, 0) is 176 Å². The van der Waals surface area contributed by atoms with Crippen LogP contribution in [0, 0.1) is 55.4 Å². The molecule has 0 spiro atoms. The number of fused-ring (bicyclic) bond motifs is 12. The van der Waals surface area contributed by atoms with Crippen molar-refractivity contribution in [2.45, 2.75) is 55.4 Å². The Morgan fingerprint density at radius 3 is 0.718 bits per heavy atom. The second-order valence-corrected chi connectivity index (χ2v) is 22.1. The van der Waals surface area contributed by atoms with Gasteiger partial charge in [0.15, 0.2) is 0 Å². The van der Waals surface area contributed by atoms with Gasteiger partial charge in [-0.15, -0.1) is 0 Å². The Hall–Kier alpha value is -9.52. The first-order valence-corrected chi connectivity index (χ1v) is 27.1. The summed E-state index contributed by atoms with van der Waals surface area (Å²) < 4.78 is 10.4. The van der Waals surface area contributed by atoms with Crippen LogP contribution in [0.3, 0.4) is 0 Å². The third-order valence-electron chi connectivity index (χ3n) is 16.5. The number of hydrogen-bond donors (Lipinski definition) is 0. The maximum atomic E-state index is 5.07. The Balaban J connectivity index is 1.35. The van der Waals surface area contributed by atoms with E-state index in [-0.39, 0.29) is 0 Å². The molecule has 0 N–H and O–H groups in total. The molecule has 15 aromatic rings. The van der Waals surface area contributed by atoms with Gasteiger partial charge in [0.25, 0.3) is 0 Å². The Bertz CT molecular complexity index is 4210. The van der Waals surface area contributed by atoms with Gasteiger partial charge >= 0.3 is 0 Å². The molecule has 0 aliphatic carbocycles. The topological polar surface area (TPSA) is 45.5 Å². The van der Waals surface area contributed by atoms with Gasteiger partial charge in [-0.3, -0.25) is 9.97 Å². The highest BCUT2D eigenvalue weighted by molar-refractivity contribution is 6.19. The first-order valence-electron chi connectivity index (χ1n) is 27.1. The summed E-state index contributed by atoms with van der Waals surface area (Å²) in [6.07, 6.45) is 7.92. The first-order chi connectivity index (χ1) is 38.0. The quantitative estimate of drug-likeness (QED) is 0.167. The van der Waals surface area contributed by atoms with Crippen molar-refractivity contribution in [3.63, 3.8) is 0 Å². The average Bonchev–Trinajstić information content (AvgIpc) is 4.27. The van der Waals surface area contributed by atoms with Gasteiger partial charge in [0.1, 0.15) is 0 Å². The van der Waals surface area contributed by atoms with Crippen molar-refractivity contribution in [3.8, 4) is 45.0 Å². The average molecular weight is 1010 g/mol. The highest BCUT2D eigenvalue weighted by Crippen LogP contribution is 2.54. The third-order valence-corrected chi connectivity index (χ3v) is 16.5. The summed E-state index contributed by atoms with van der Waals surface area (Å²) in [5.41, 5.74) is 27.0. The van der Waals surface area contributed by atoms with Crippen molar-refractivity contribution >= 4 is 87.2 Å². The number of benzene rings is 9. The summed E-state index contributed by atoms with van der Waals surface area (Å²) in [4.78, 5) is 9.83. The van der Waals surface area contributed by atoms with Crippen molar-refractivity contribution in [1.29, 1.82) is 0 Å². The van der Waals surface area contributed by atoms with Crippen LogP contribution < -0.4 is 0 Å². The zero-order valence-electron chi connectivity index (χ0n) is 45.2. The molecule has 78 heavy (non-hydrogen) atoms. The molecule has 0 aliphatic rings. The van der Waals surface area contributed by atoms with Gasteiger partial charge in [-0.25, -0.2) is 0 Å². The second kappa shape index (κ2) is 17.0. The van der Waals surface area contributed by atoms with E-state index in [2.05, 4.69) is 250 Å². The fourth-order valence-electron chi connectivity index (χ4n) is 13.1. The second-order valence-electron chi connectivity index (χ2n) is 22.1. The number of pyridine rings is 2. The molecular weight excluding hydrogens is 949 g/mol. The standard InChI is InChI=1S/C72H56N6/c1-41-11-19-59-51(32-41)52-33-42(2)12-20-60(52)75(59)69-67(49-27-30-73-31-28-49)70(76-61-21-13-43(3)34-53(61)54-35-44(4)14-22-62(54)76)72(78-65-25-17-47(7)38-57(65)58-39-48(8)18-26-66(58)78)68(50-10-9-29-74-40-50)71(69)77-63-23-15-45(5)36-55(63)56-37-46(6)16-24-64(56)77/h9-40H,1-8H3. The normalized spacial score (nSPS) is 12.1. The van der Waals surface area contributed by atoms with Crippen molar-refractivity contribution in [2.75, 3.05) is 0 Å². The van der Waals surface area contributed by atoms with Gasteiger partial charge in [-0.1, -0.05) is 99.1 Å². The molecule has 6 aromatic heterocycles. The van der Waals surface area contributed by atoms with Crippen LogP contribution in [0.5, 0.6) is 0 Å². The van der Waals surface area contributed by atoms with E-state index in [1.54, 1.807) is 0 Å². The Morgan fingerprint density at radius 1 is 0.244 bits per heavy atom. The van der Waals surface area contributed by atoms with Gasteiger partial charge in [-0.2, -0.15) is 0 Å². The lowest BCUT2D eigenvalue weighted by molar-refractivity contribution is 1.05. The fraction of sp³-hybridized carbons (Fsp3) is 0.111. The molecule has 0 atom stereocenters. The van der Waals surface area contributed by atoms with E-state index < -0.39 is 0 Å². The van der Waals surface area contributed by atoms with Crippen LogP contribution in [0.4, 0.5) is 0 Å². The molecule has 6 nitrogen and oxygen atoms in total. The lowest BCUT2D eigenvalue weighted by Gasteiger charge is -2.31. The van der Waals surface area contributed by atoms with Crippen molar-refractivity contribution in [1.82, 2.24) is 28.2 Å². The van der Waals surface area contributed by atoms with Crippen LogP contribution in [0.1, 0.15) is 44.5 Å². The van der Waals surface area contributed by atoms with E-state index in [1.165, 1.54) is 87.6 Å². The van der Waals surface area contributed by atoms with E-state index in [0.717, 1.165) is 89.1 Å². The molecule has 0 amide bonds. The molecular formula is C72H56N6. The number of rotatable bonds is 6. The molecule has 0 unspecified atom stereocenters. The molecule has 0 bridgehead atoms. The minimum atomic E-state index is 0.995. The summed E-state index contributed by atoms with van der Waals surface area (Å²) in [6.45, 7) is 17.7. The monoisotopic (exact) mass is 1000 g/mol. The largest absolute Gasteiger partial charge is 0.306 e. The van der Waals surface area contributed by atoms with Crippen molar-refractivity contribution in [3.05, 3.63) is 239 Å². The molecule has 0 aliphatic heterocycles. The number of nitrogens with zero attached hydrogens (tertiary/aromatic N) is 6. The molecule has 15 rings (SSSR count). The highest BCUT2D eigenvalue weighted by Gasteiger charge is 2.35. The zero-order valence-corrected chi connectivity index (χ0v) is 45.2. The van der Waals surface area contributed by atoms with Crippen LogP contribution in [0.25, 0.3) is 132 Å². The number of hydrogen-bond acceptors (Lipinski definition) is 2. The molecule has 6 heterocycles. The van der Waals surface area contributed by atoms with Crippen LogP contribution in [-0.2, 0) is 0 Å². The minimum absolute atomic E-state index is 0.995. The van der Waals surface area contributed by atoms with Gasteiger partial charge in [0.05, 0.1) is 66.9 Å². The minimum Gasteiger partial charge on any atom is -0.306 e. The van der Waals surface area contributed by atoms with Crippen molar-refractivity contribution in [2.24, 2.45) is 0 Å². The summed E-state index contributed by atoms with van der Waals surface area (Å²) in [5, 5.41) is 9.65. The maximum absolute atomic E-state index is 5.07. The van der Waals surface area contributed by atoms with Gasteiger partial charge in [0, 0.05) is 84.6 Å². The van der Waals surface area contributed by atoms with Crippen LogP contribution in [-0.4, -0.2) is 28.2 Å². The lowest BCUT2D eigenvalue weighted by Crippen LogP contribution is -2.16. The molecule has 0 saturated heterocycles. The predicted molar refractivity (Wildman–Crippen MR) is 328 cm³/mol.